The predicted octanol–water partition coefficient (Wildman–Crippen LogP) is 13.3. The summed E-state index contributed by atoms with van der Waals surface area (Å²) < 4.78 is 92.4. The van der Waals surface area contributed by atoms with E-state index in [1.165, 1.54) is 33.4 Å². The van der Waals surface area contributed by atoms with Gasteiger partial charge in [-0.15, -0.1) is 0 Å². The lowest BCUT2D eigenvalue weighted by Crippen LogP contribution is -2.58. The number of hydrogen-bond acceptors (Lipinski definition) is 14. The molecule has 28 heteroatoms. The molecule has 8 heterocycles. The van der Waals surface area contributed by atoms with Crippen LogP contribution in [0.5, 0.6) is 0 Å². The van der Waals surface area contributed by atoms with E-state index in [0.29, 0.717) is 33.9 Å². The Balaban J connectivity index is 0.000000221. The molecule has 2 saturated heterocycles. The minimum Gasteiger partial charge on any atom is -0.394 e. The number of amides is 2. The highest BCUT2D eigenvalue weighted by Gasteiger charge is 2.39. The average molecular weight is 1370 g/mol. The number of carbonyl (C=O) groups excluding carboxylic acids is 2. The summed E-state index contributed by atoms with van der Waals surface area (Å²) in [7, 11) is 0. The number of aryl methyl sites for hydroxylation is 2. The minimum absolute atomic E-state index is 0.0786. The molecule has 488 valence electrons. The molecule has 4 atom stereocenters. The van der Waals surface area contributed by atoms with Crippen molar-refractivity contribution >= 4 is 103 Å². The topological polar surface area (TPSA) is 242 Å². The summed E-state index contributed by atoms with van der Waals surface area (Å²) in [5.74, 6) is -10.0. The lowest BCUT2D eigenvalue weighted by molar-refractivity contribution is -0.131. The van der Waals surface area contributed by atoms with Crippen LogP contribution in [0.2, 0.25) is 20.1 Å². The van der Waals surface area contributed by atoms with Gasteiger partial charge in [0.2, 0.25) is 11.8 Å². The first kappa shape index (κ1) is 69.1. The largest absolute Gasteiger partial charge is 0.394 e. The molecule has 8 aromatic rings. The van der Waals surface area contributed by atoms with E-state index in [2.05, 4.69) is 45.2 Å². The number of anilines is 4. The van der Waals surface area contributed by atoms with Crippen molar-refractivity contribution in [1.29, 1.82) is 10.5 Å². The fraction of sp³-hybridized carbons (Fsp3) is 0.303. The van der Waals surface area contributed by atoms with E-state index in [0.717, 1.165) is 0 Å². The summed E-state index contributed by atoms with van der Waals surface area (Å²) in [5.41, 5.74) is 7.52. The average Bonchev–Trinajstić information content (AvgIpc) is 0.730. The third-order valence-electron chi connectivity index (χ3n) is 16.6. The number of nitriles is 2. The van der Waals surface area contributed by atoms with Crippen LogP contribution in [-0.4, -0.2) is 101 Å². The molecule has 2 aliphatic heterocycles. The predicted molar refractivity (Wildman–Crippen MR) is 353 cm³/mol. The van der Waals surface area contributed by atoms with Crippen molar-refractivity contribution in [2.24, 2.45) is 0 Å². The first-order chi connectivity index (χ1) is 44.3. The fourth-order valence-electron chi connectivity index (χ4n) is 12.5. The van der Waals surface area contributed by atoms with Gasteiger partial charge in [0.25, 0.3) is 11.1 Å². The van der Waals surface area contributed by atoms with E-state index in [1.54, 1.807) is 58.0 Å². The zero-order valence-electron chi connectivity index (χ0n) is 52.3. The Bertz CT molecular complexity index is 4400. The van der Waals surface area contributed by atoms with E-state index in [4.69, 9.17) is 57.9 Å². The van der Waals surface area contributed by atoms with Crippen molar-refractivity contribution < 1.29 is 35.9 Å². The highest BCUT2D eigenvalue weighted by Crippen LogP contribution is 2.45. The highest BCUT2D eigenvalue weighted by molar-refractivity contribution is 6.37. The number of aromatic nitrogens is 6. The highest BCUT2D eigenvalue weighted by atomic mass is 35.5. The second-order valence-electron chi connectivity index (χ2n) is 23.6. The Hall–Kier alpha value is -9.20. The summed E-state index contributed by atoms with van der Waals surface area (Å²) in [6.07, 6.45) is 5.61. The van der Waals surface area contributed by atoms with Crippen molar-refractivity contribution in [3.8, 4) is 46.0 Å². The number of nitrogens with zero attached hydrogens (tertiary/aromatic N) is 12. The molecule has 0 aliphatic carbocycles. The van der Waals surface area contributed by atoms with Crippen molar-refractivity contribution in [3.63, 3.8) is 0 Å². The number of halogens is 10. The summed E-state index contributed by atoms with van der Waals surface area (Å²) in [4.78, 5) is 79.3. The number of fused-ring (bicyclic) bond motifs is 2. The van der Waals surface area contributed by atoms with Crippen LogP contribution in [-0.2, 0) is 9.59 Å². The molecular formula is C66H60Cl4F6N14O4. The van der Waals surface area contributed by atoms with Crippen LogP contribution in [0.4, 0.5) is 49.1 Å². The zero-order valence-corrected chi connectivity index (χ0v) is 55.3. The lowest BCUT2D eigenvalue weighted by Gasteiger charge is -2.45. The van der Waals surface area contributed by atoms with E-state index in [9.17, 15) is 42.9 Å². The molecule has 10 rings (SSSR count). The molecular weight excluding hydrogens is 1310 g/mol. The maximum absolute atomic E-state index is 15.5. The maximum Gasteiger partial charge on any atom is 0.276 e. The number of hydrogen-bond donors (Lipinski definition) is 2. The van der Waals surface area contributed by atoms with Crippen LogP contribution in [0.15, 0.2) is 71.6 Å². The Morgan fingerprint density at radius 2 is 0.936 bits per heavy atom. The molecule has 2 aliphatic rings. The SMILES string of the molecule is C=CC(=O)N1[C@H](C)CN(c2c(C#N)c(=O)n(-c3c(C)ccnc3C(C)C)c3nc(-c4c(F)c(N)c(F)c(Cl)c4F)c(Cl)cc23)C[C@@H]1C.C=CC(=O)N1[C@H](C)CN(c2c(C#N)c(=O)n(-c3c(C)ccnc3C(C)C)c3nc(-c4c(F)c(N)c(F)c(F)c4Cl)c(Cl)cc23)C[C@@H]1C. The number of carbonyl (C=O) groups is 2. The third-order valence-corrected chi connectivity index (χ3v) is 17.9. The van der Waals surface area contributed by atoms with Gasteiger partial charge in [-0.05, 0) is 101 Å². The van der Waals surface area contributed by atoms with Crippen molar-refractivity contribution in [2.45, 2.75) is 105 Å². The van der Waals surface area contributed by atoms with Gasteiger partial charge in [-0.1, -0.05) is 87.3 Å². The monoisotopic (exact) mass is 1370 g/mol. The number of benzene rings is 2. The Labute approximate surface area is 555 Å². The van der Waals surface area contributed by atoms with E-state index in [1.807, 2.05) is 55.4 Å². The summed E-state index contributed by atoms with van der Waals surface area (Å²) >= 11 is 25.4. The molecule has 0 radical (unpaired) electrons. The quantitative estimate of drug-likeness (QED) is 0.0425. The lowest BCUT2D eigenvalue weighted by atomic mass is 10.0. The summed E-state index contributed by atoms with van der Waals surface area (Å²) in [5, 5.41) is 18.9. The molecule has 18 nitrogen and oxygen atoms in total. The minimum atomic E-state index is -1.67. The van der Waals surface area contributed by atoms with E-state index < -0.39 is 90.0 Å². The number of nitrogen functional groups attached to an aromatic ring is 2. The Kier molecular flexibility index (Phi) is 19.6. The van der Waals surface area contributed by atoms with E-state index >= 15 is 13.2 Å². The first-order valence-electron chi connectivity index (χ1n) is 29.2. The van der Waals surface area contributed by atoms with Gasteiger partial charge >= 0.3 is 0 Å². The Morgan fingerprint density at radius 3 is 1.30 bits per heavy atom. The maximum atomic E-state index is 15.5. The van der Waals surface area contributed by atoms with Crippen LogP contribution in [0.25, 0.3) is 56.0 Å². The van der Waals surface area contributed by atoms with Gasteiger partial charge in [0.05, 0.1) is 71.7 Å². The molecule has 6 aromatic heterocycles. The van der Waals surface area contributed by atoms with E-state index in [-0.39, 0.29) is 129 Å². The number of piperazine rings is 2. The fourth-order valence-corrected chi connectivity index (χ4v) is 13.5. The number of rotatable bonds is 10. The van der Waals surface area contributed by atoms with Crippen molar-refractivity contribution in [1.82, 2.24) is 38.9 Å². The molecule has 4 N–H and O–H groups in total. The number of pyridine rings is 6. The normalized spacial score (nSPS) is 16.6. The molecule has 2 fully saturated rings. The van der Waals surface area contributed by atoms with Crippen molar-refractivity contribution in [2.75, 3.05) is 47.4 Å². The third kappa shape index (κ3) is 11.6. The molecule has 0 spiro atoms. The van der Waals surface area contributed by atoms with Crippen LogP contribution < -0.4 is 32.4 Å². The van der Waals surface area contributed by atoms with Gasteiger partial charge in [0.15, 0.2) is 34.9 Å². The van der Waals surface area contributed by atoms with Crippen LogP contribution in [0, 0.1) is 71.4 Å². The first-order valence-corrected chi connectivity index (χ1v) is 30.8. The summed E-state index contributed by atoms with van der Waals surface area (Å²) in [6, 6.07) is 8.74. The van der Waals surface area contributed by atoms with Gasteiger partial charge in [-0.2, -0.15) is 10.5 Å². The number of nitrogens with two attached hydrogens (primary N) is 2. The van der Waals surface area contributed by atoms with Gasteiger partial charge < -0.3 is 31.1 Å². The second kappa shape index (κ2) is 26.7. The molecule has 94 heavy (non-hydrogen) atoms. The van der Waals surface area contributed by atoms with Crippen LogP contribution in [0.3, 0.4) is 0 Å². The summed E-state index contributed by atoms with van der Waals surface area (Å²) in [6.45, 7) is 26.3. The van der Waals surface area contributed by atoms with Gasteiger partial charge in [-0.25, -0.2) is 36.3 Å². The van der Waals surface area contributed by atoms with Crippen LogP contribution in [0.1, 0.15) is 101 Å². The molecule has 0 unspecified atom stereocenters. The zero-order chi connectivity index (χ0) is 69.3. The standard InChI is InChI=1S/2C33H30Cl2F3N7O2/c1-7-21(46)44-16(5)12-43(13-17(44)6)31-18-10-20(34)29(22-24(36)23(35)26(38)27(40)25(22)37)42-32(18)45(33(47)19(31)11-39)30-15(4)8-9-41-28(30)14(2)3;1-7-21(46)44-16(5)12-43(13-17(44)6)31-18-10-20(34)29(22-23(35)25(37)26(38)27(40)24(22)36)42-32(18)45(33(47)19(31)11-39)30-15(4)8-9-41-28(30)14(2)3/h2*7-10,14,16-17H,1,12-13,40H2,2-6H3/t2*16-,17+. The molecule has 2 amide bonds. The van der Waals surface area contributed by atoms with Crippen molar-refractivity contribution in [3.05, 3.63) is 171 Å². The second-order valence-corrected chi connectivity index (χ2v) is 25.1. The smallest absolute Gasteiger partial charge is 0.276 e. The molecule has 2 aromatic carbocycles. The molecule has 0 saturated carbocycles. The van der Waals surface area contributed by atoms with Crippen LogP contribution >= 0.6 is 46.4 Å². The van der Waals surface area contributed by atoms with Gasteiger partial charge in [0.1, 0.15) is 51.0 Å². The van der Waals surface area contributed by atoms with Gasteiger partial charge in [0, 0.05) is 73.5 Å². The molecule has 0 bridgehead atoms. The Morgan fingerprint density at radius 1 is 0.574 bits per heavy atom. The van der Waals surface area contributed by atoms with Gasteiger partial charge in [-0.3, -0.25) is 38.3 Å².